The third kappa shape index (κ3) is 5.57. The van der Waals surface area contributed by atoms with Crippen LogP contribution in [0.1, 0.15) is 60.9 Å². The smallest absolute Gasteiger partial charge is 0.431 e. The molecule has 0 saturated heterocycles. The summed E-state index contributed by atoms with van der Waals surface area (Å²) < 4.78 is 16.7. The Morgan fingerprint density at radius 3 is 2.69 bits per heavy atom. The minimum Gasteiger partial charge on any atom is -0.431 e. The highest BCUT2D eigenvalue weighted by atomic mass is 35.5. The molecule has 188 valence electrons. The van der Waals surface area contributed by atoms with E-state index in [0.717, 1.165) is 28.1 Å². The van der Waals surface area contributed by atoms with Gasteiger partial charge in [-0.05, 0) is 63.9 Å². The maximum absolute atomic E-state index is 12.4. The molecule has 1 aliphatic rings. The summed E-state index contributed by atoms with van der Waals surface area (Å²) in [6, 6.07) is 7.26. The summed E-state index contributed by atoms with van der Waals surface area (Å²) in [7, 11) is 0. The molecule has 1 aromatic carbocycles. The number of pyridine rings is 1. The molecule has 10 heteroatoms. The van der Waals surface area contributed by atoms with Crippen molar-refractivity contribution in [1.29, 1.82) is 0 Å². The van der Waals surface area contributed by atoms with E-state index in [1.54, 1.807) is 32.4 Å². The highest BCUT2D eigenvalue weighted by Gasteiger charge is 2.28. The molecule has 1 atom stereocenters. The van der Waals surface area contributed by atoms with Gasteiger partial charge >= 0.3 is 12.1 Å². The first-order valence-corrected chi connectivity index (χ1v) is 11.9. The number of hydrogen-bond donors (Lipinski definition) is 0. The monoisotopic (exact) mass is 510 g/mol. The summed E-state index contributed by atoms with van der Waals surface area (Å²) in [4.78, 5) is 37.8. The molecule has 3 heterocycles. The predicted octanol–water partition coefficient (Wildman–Crippen LogP) is 5.27. The molecule has 0 aliphatic carbocycles. The fourth-order valence-corrected chi connectivity index (χ4v) is 4.11. The van der Waals surface area contributed by atoms with Gasteiger partial charge in [0.1, 0.15) is 11.9 Å². The summed E-state index contributed by atoms with van der Waals surface area (Å²) in [5.41, 5.74) is 5.16. The average molecular weight is 511 g/mol. The van der Waals surface area contributed by atoms with Crippen LogP contribution < -0.4 is 0 Å². The van der Waals surface area contributed by atoms with E-state index >= 15 is 0 Å². The van der Waals surface area contributed by atoms with Crippen LogP contribution in [0.15, 0.2) is 47.8 Å². The van der Waals surface area contributed by atoms with E-state index in [1.165, 1.54) is 0 Å². The molecule has 0 unspecified atom stereocenters. The van der Waals surface area contributed by atoms with E-state index in [2.05, 4.69) is 9.97 Å². The first-order valence-electron chi connectivity index (χ1n) is 11.6. The summed E-state index contributed by atoms with van der Waals surface area (Å²) >= 11 is 6.53. The molecule has 0 fully saturated rings. The van der Waals surface area contributed by atoms with Crippen LogP contribution in [0.5, 0.6) is 0 Å². The number of fused-ring (bicyclic) bond motifs is 3. The molecule has 1 aliphatic heterocycles. The molecule has 2 aromatic heterocycles. The Kier molecular flexibility index (Phi) is 7.69. The number of aryl methyl sites for hydroxylation is 2. The van der Waals surface area contributed by atoms with Gasteiger partial charge < -0.3 is 14.2 Å². The van der Waals surface area contributed by atoms with Gasteiger partial charge in [0.05, 0.1) is 17.5 Å². The predicted molar refractivity (Wildman–Crippen MR) is 134 cm³/mol. The number of carbonyl (C=O) groups excluding carboxylic acids is 2. The van der Waals surface area contributed by atoms with Crippen LogP contribution in [-0.2, 0) is 19.0 Å². The topological polar surface area (TPSA) is 105 Å². The lowest BCUT2D eigenvalue weighted by atomic mass is 10.00. The van der Waals surface area contributed by atoms with Gasteiger partial charge in [-0.3, -0.25) is 19.3 Å². The van der Waals surface area contributed by atoms with E-state index < -0.39 is 25.0 Å². The van der Waals surface area contributed by atoms with Crippen molar-refractivity contribution >= 4 is 29.4 Å². The number of hydrogen-bond acceptors (Lipinski definition) is 8. The quantitative estimate of drug-likeness (QED) is 0.315. The number of benzene rings is 1. The standard InChI is InChI=1S/C26H27ClN4O5/c1-15(2)36-26(33)35-14-34-23(32)8-7-21-25-29-12-17(4)31(25)22-10-16(3)20(27)11-19(22)24(30-21)18-6-5-9-28-13-18/h5-6,9-13,15,21H,7-8,14H2,1-4H3/t21-/m0/s1. The van der Waals surface area contributed by atoms with Gasteiger partial charge in [0, 0.05) is 46.9 Å². The first kappa shape index (κ1) is 25.4. The van der Waals surface area contributed by atoms with Crippen LogP contribution in [-0.4, -0.2) is 45.3 Å². The molecule has 0 N–H and O–H groups in total. The van der Waals surface area contributed by atoms with Crippen LogP contribution in [0, 0.1) is 13.8 Å². The van der Waals surface area contributed by atoms with Crippen molar-refractivity contribution < 1.29 is 23.8 Å². The Bertz CT molecular complexity index is 1300. The van der Waals surface area contributed by atoms with E-state index in [4.69, 9.17) is 30.8 Å². The lowest BCUT2D eigenvalue weighted by Crippen LogP contribution is -2.17. The largest absolute Gasteiger partial charge is 0.511 e. The van der Waals surface area contributed by atoms with Crippen LogP contribution >= 0.6 is 11.6 Å². The van der Waals surface area contributed by atoms with Crippen LogP contribution in [0.3, 0.4) is 0 Å². The molecule has 0 bridgehead atoms. The second-order valence-electron chi connectivity index (χ2n) is 8.68. The van der Waals surface area contributed by atoms with Crippen LogP contribution in [0.4, 0.5) is 4.79 Å². The SMILES string of the molecule is Cc1cc2c(cc1Cl)C(c1cccnc1)=N[C@@H](CCC(=O)OCOC(=O)OC(C)C)c1ncc(C)n1-2. The van der Waals surface area contributed by atoms with Crippen molar-refractivity contribution in [3.05, 3.63) is 76.1 Å². The van der Waals surface area contributed by atoms with Gasteiger partial charge in [-0.15, -0.1) is 0 Å². The zero-order chi connectivity index (χ0) is 25.8. The fourth-order valence-electron chi connectivity index (χ4n) is 3.95. The third-order valence-electron chi connectivity index (χ3n) is 5.61. The Hall–Kier alpha value is -3.72. The zero-order valence-corrected chi connectivity index (χ0v) is 21.3. The summed E-state index contributed by atoms with van der Waals surface area (Å²) in [6.45, 7) is 6.79. The Morgan fingerprint density at radius 2 is 1.97 bits per heavy atom. The van der Waals surface area contributed by atoms with E-state index in [1.807, 2.05) is 42.7 Å². The first-order chi connectivity index (χ1) is 17.2. The van der Waals surface area contributed by atoms with E-state index in [-0.39, 0.29) is 12.5 Å². The molecule has 3 aromatic rings. The summed E-state index contributed by atoms with van der Waals surface area (Å²) in [5, 5.41) is 0.627. The van der Waals surface area contributed by atoms with Crippen molar-refractivity contribution in [3.8, 4) is 5.69 Å². The molecular formula is C26H27ClN4O5. The highest BCUT2D eigenvalue weighted by molar-refractivity contribution is 6.32. The number of nitrogens with zero attached hydrogens (tertiary/aromatic N) is 4. The summed E-state index contributed by atoms with van der Waals surface area (Å²) in [6.07, 6.45) is 4.38. The van der Waals surface area contributed by atoms with Gasteiger partial charge in [-0.25, -0.2) is 9.78 Å². The third-order valence-corrected chi connectivity index (χ3v) is 6.01. The number of rotatable bonds is 7. The number of halogens is 1. The maximum Gasteiger partial charge on any atom is 0.511 e. The van der Waals surface area contributed by atoms with Crippen molar-refractivity contribution in [2.45, 2.75) is 52.7 Å². The van der Waals surface area contributed by atoms with Crippen LogP contribution in [0.25, 0.3) is 5.69 Å². The molecule has 0 radical (unpaired) electrons. The minimum absolute atomic E-state index is 0.0408. The molecule has 4 rings (SSSR count). The molecule has 36 heavy (non-hydrogen) atoms. The molecule has 9 nitrogen and oxygen atoms in total. The summed E-state index contributed by atoms with van der Waals surface area (Å²) in [5.74, 6) is 0.180. The van der Waals surface area contributed by atoms with Gasteiger partial charge in [0.2, 0.25) is 6.79 Å². The Balaban J connectivity index is 1.62. The molecular weight excluding hydrogens is 484 g/mol. The Morgan fingerprint density at radius 1 is 1.17 bits per heavy atom. The van der Waals surface area contributed by atoms with Gasteiger partial charge in [0.25, 0.3) is 0 Å². The van der Waals surface area contributed by atoms with Gasteiger partial charge in [-0.2, -0.15) is 0 Å². The second kappa shape index (κ2) is 10.9. The molecule has 0 spiro atoms. The van der Waals surface area contributed by atoms with Crippen molar-refractivity contribution in [2.24, 2.45) is 4.99 Å². The molecule has 0 amide bonds. The lowest BCUT2D eigenvalue weighted by Gasteiger charge is -2.15. The number of carbonyl (C=O) groups is 2. The number of esters is 1. The van der Waals surface area contributed by atoms with Crippen molar-refractivity contribution in [1.82, 2.24) is 14.5 Å². The van der Waals surface area contributed by atoms with Crippen LogP contribution in [0.2, 0.25) is 5.02 Å². The number of aliphatic imine (C=N–C) groups is 1. The Labute approximate surface area is 214 Å². The average Bonchev–Trinajstić information content (AvgIpc) is 3.16. The normalized spacial score (nSPS) is 14.4. The molecule has 0 saturated carbocycles. The number of ether oxygens (including phenoxy) is 3. The maximum atomic E-state index is 12.4. The highest BCUT2D eigenvalue weighted by Crippen LogP contribution is 2.35. The van der Waals surface area contributed by atoms with Gasteiger partial charge in [-0.1, -0.05) is 11.6 Å². The lowest BCUT2D eigenvalue weighted by molar-refractivity contribution is -0.153. The minimum atomic E-state index is -0.892. The zero-order valence-electron chi connectivity index (χ0n) is 20.5. The number of aromatic nitrogens is 3. The van der Waals surface area contributed by atoms with Gasteiger partial charge in [0.15, 0.2) is 0 Å². The number of imidazole rings is 1. The van der Waals surface area contributed by atoms with Crippen molar-refractivity contribution in [3.63, 3.8) is 0 Å². The van der Waals surface area contributed by atoms with E-state index in [9.17, 15) is 9.59 Å². The fraction of sp³-hybridized carbons (Fsp3) is 0.346. The second-order valence-corrected chi connectivity index (χ2v) is 9.09. The van der Waals surface area contributed by atoms with Crippen molar-refractivity contribution in [2.75, 3.05) is 6.79 Å². The van der Waals surface area contributed by atoms with E-state index in [0.29, 0.717) is 23.0 Å².